The summed E-state index contributed by atoms with van der Waals surface area (Å²) in [6.45, 7) is 3.43. The van der Waals surface area contributed by atoms with Gasteiger partial charge in [0.05, 0.1) is 11.1 Å². The van der Waals surface area contributed by atoms with Crippen LogP contribution < -0.4 is 10.2 Å². The topological polar surface area (TPSA) is 73.0 Å². The molecule has 3 amide bonds. The van der Waals surface area contributed by atoms with Crippen molar-refractivity contribution in [3.05, 3.63) is 94.3 Å². The zero-order chi connectivity index (χ0) is 28.1. The van der Waals surface area contributed by atoms with Crippen LogP contribution in [0.15, 0.2) is 66.7 Å². The van der Waals surface area contributed by atoms with E-state index in [-0.39, 0.29) is 23.3 Å². The second kappa shape index (κ2) is 12.5. The number of benzene rings is 3. The van der Waals surface area contributed by atoms with Crippen LogP contribution in [0.2, 0.25) is 5.02 Å². The van der Waals surface area contributed by atoms with Crippen molar-refractivity contribution in [3.63, 3.8) is 0 Å². The average molecular weight is 563 g/mol. The number of piperidine rings is 1. The van der Waals surface area contributed by atoms with Crippen LogP contribution in [0.4, 0.5) is 15.8 Å². The predicted molar refractivity (Wildman–Crippen MR) is 155 cm³/mol. The van der Waals surface area contributed by atoms with E-state index < -0.39 is 5.82 Å². The van der Waals surface area contributed by atoms with Crippen LogP contribution in [0.1, 0.15) is 56.8 Å². The number of likely N-dealkylation sites (tertiary alicyclic amines) is 1. The lowest BCUT2D eigenvalue weighted by atomic mass is 10.1. The Bertz CT molecular complexity index is 1390. The molecule has 0 bridgehead atoms. The van der Waals surface area contributed by atoms with E-state index in [2.05, 4.69) is 10.2 Å². The SMILES string of the molecule is O=C(Nc1ccc(N2CCCN(C(=O)c3ccccc3F)CC2)c(C(=O)N2CCCCC2)c1)c1ccc(Cl)cc1. The molecular formula is C31H32ClFN4O3. The minimum Gasteiger partial charge on any atom is -0.369 e. The summed E-state index contributed by atoms with van der Waals surface area (Å²) in [5.41, 5.74) is 2.34. The average Bonchev–Trinajstić information content (AvgIpc) is 3.24. The Balaban J connectivity index is 1.38. The molecule has 0 aliphatic carbocycles. The smallest absolute Gasteiger partial charge is 0.256 e. The Morgan fingerprint density at radius 3 is 2.12 bits per heavy atom. The molecule has 208 valence electrons. The van der Waals surface area contributed by atoms with Crippen LogP contribution in [0.25, 0.3) is 0 Å². The zero-order valence-corrected chi connectivity index (χ0v) is 23.0. The highest BCUT2D eigenvalue weighted by Gasteiger charge is 2.27. The summed E-state index contributed by atoms with van der Waals surface area (Å²) in [7, 11) is 0. The maximum Gasteiger partial charge on any atom is 0.256 e. The Labute approximate surface area is 238 Å². The summed E-state index contributed by atoms with van der Waals surface area (Å²) in [5.74, 6) is -1.22. The van der Waals surface area contributed by atoms with E-state index in [1.165, 1.54) is 12.1 Å². The molecule has 9 heteroatoms. The highest BCUT2D eigenvalue weighted by atomic mass is 35.5. The maximum atomic E-state index is 14.3. The first kappa shape index (κ1) is 27.6. The Kier molecular flexibility index (Phi) is 8.65. The van der Waals surface area contributed by atoms with Gasteiger partial charge in [0.15, 0.2) is 0 Å². The number of amides is 3. The molecule has 0 radical (unpaired) electrons. The molecule has 2 fully saturated rings. The Hall–Kier alpha value is -3.91. The summed E-state index contributed by atoms with van der Waals surface area (Å²) >= 11 is 5.96. The Morgan fingerprint density at radius 2 is 1.38 bits per heavy atom. The normalized spacial score (nSPS) is 15.9. The van der Waals surface area contributed by atoms with Crippen molar-refractivity contribution in [1.29, 1.82) is 0 Å². The number of rotatable bonds is 5. The van der Waals surface area contributed by atoms with Gasteiger partial charge < -0.3 is 20.0 Å². The van der Waals surface area contributed by atoms with E-state index >= 15 is 0 Å². The Morgan fingerprint density at radius 1 is 0.700 bits per heavy atom. The monoisotopic (exact) mass is 562 g/mol. The summed E-state index contributed by atoms with van der Waals surface area (Å²) in [6.07, 6.45) is 3.70. The van der Waals surface area contributed by atoms with E-state index in [9.17, 15) is 18.8 Å². The van der Waals surface area contributed by atoms with E-state index in [4.69, 9.17) is 11.6 Å². The minimum atomic E-state index is -0.528. The summed E-state index contributed by atoms with van der Waals surface area (Å²) in [4.78, 5) is 45.3. The molecule has 0 unspecified atom stereocenters. The molecule has 3 aromatic rings. The fourth-order valence-corrected chi connectivity index (χ4v) is 5.43. The molecule has 0 saturated carbocycles. The van der Waals surface area contributed by atoms with E-state index in [1.54, 1.807) is 53.4 Å². The fourth-order valence-electron chi connectivity index (χ4n) is 5.30. The first-order valence-corrected chi connectivity index (χ1v) is 14.1. The number of carbonyl (C=O) groups is 3. The molecular weight excluding hydrogens is 531 g/mol. The van der Waals surface area contributed by atoms with Gasteiger partial charge in [-0.05, 0) is 80.3 Å². The number of hydrogen-bond acceptors (Lipinski definition) is 4. The third-order valence-corrected chi connectivity index (χ3v) is 7.71. The van der Waals surface area contributed by atoms with Gasteiger partial charge in [-0.2, -0.15) is 0 Å². The molecule has 3 aromatic carbocycles. The van der Waals surface area contributed by atoms with Crippen molar-refractivity contribution in [1.82, 2.24) is 9.80 Å². The van der Waals surface area contributed by atoms with Crippen molar-refractivity contribution < 1.29 is 18.8 Å². The van der Waals surface area contributed by atoms with Crippen LogP contribution in [-0.2, 0) is 0 Å². The summed E-state index contributed by atoms with van der Waals surface area (Å²) in [5, 5.41) is 3.45. The van der Waals surface area contributed by atoms with Gasteiger partial charge in [0.2, 0.25) is 0 Å². The molecule has 0 atom stereocenters. The quantitative estimate of drug-likeness (QED) is 0.432. The molecule has 0 spiro atoms. The first-order valence-electron chi connectivity index (χ1n) is 13.7. The van der Waals surface area contributed by atoms with Crippen LogP contribution in [0.5, 0.6) is 0 Å². The van der Waals surface area contributed by atoms with Crippen LogP contribution in [0.3, 0.4) is 0 Å². The zero-order valence-electron chi connectivity index (χ0n) is 22.2. The third kappa shape index (κ3) is 6.28. The molecule has 7 nitrogen and oxygen atoms in total. The van der Waals surface area contributed by atoms with Gasteiger partial charge in [-0.1, -0.05) is 23.7 Å². The van der Waals surface area contributed by atoms with Gasteiger partial charge in [0, 0.05) is 61.2 Å². The molecule has 2 aliphatic heterocycles. The van der Waals surface area contributed by atoms with Crippen LogP contribution in [0, 0.1) is 5.82 Å². The van der Waals surface area contributed by atoms with Crippen molar-refractivity contribution in [3.8, 4) is 0 Å². The highest BCUT2D eigenvalue weighted by molar-refractivity contribution is 6.30. The largest absolute Gasteiger partial charge is 0.369 e. The minimum absolute atomic E-state index is 0.0673. The molecule has 5 rings (SSSR count). The van der Waals surface area contributed by atoms with Crippen molar-refractivity contribution >= 4 is 40.7 Å². The van der Waals surface area contributed by atoms with Crippen LogP contribution in [-0.4, -0.2) is 66.8 Å². The number of halogens is 2. The predicted octanol–water partition coefficient (Wildman–Crippen LogP) is 5.71. The number of nitrogens with zero attached hydrogens (tertiary/aromatic N) is 3. The summed E-state index contributed by atoms with van der Waals surface area (Å²) in [6, 6.07) is 18.0. The lowest BCUT2D eigenvalue weighted by Crippen LogP contribution is -2.38. The van der Waals surface area contributed by atoms with Gasteiger partial charge in [0.1, 0.15) is 5.82 Å². The van der Waals surface area contributed by atoms with Crippen molar-refractivity contribution in [2.24, 2.45) is 0 Å². The lowest BCUT2D eigenvalue weighted by Gasteiger charge is -2.30. The lowest BCUT2D eigenvalue weighted by molar-refractivity contribution is 0.0722. The second-order valence-corrected chi connectivity index (χ2v) is 10.6. The molecule has 40 heavy (non-hydrogen) atoms. The highest BCUT2D eigenvalue weighted by Crippen LogP contribution is 2.29. The number of hydrogen-bond donors (Lipinski definition) is 1. The number of nitrogens with one attached hydrogen (secondary N) is 1. The molecule has 0 aromatic heterocycles. The number of anilines is 2. The fraction of sp³-hybridized carbons (Fsp3) is 0.323. The standard InChI is InChI=1S/C31H32ClFN4O3/c32-23-11-9-22(10-12-23)29(38)34-24-13-14-28(26(21-24)31(40)36-15-4-1-5-16-36)35-17-6-18-37(20-19-35)30(39)25-7-2-3-8-27(25)33/h2-3,7-14,21H,1,4-6,15-20H2,(H,34,38). The van der Waals surface area contributed by atoms with Crippen molar-refractivity contribution in [2.45, 2.75) is 25.7 Å². The van der Waals surface area contributed by atoms with Gasteiger partial charge in [-0.25, -0.2) is 4.39 Å². The van der Waals surface area contributed by atoms with Gasteiger partial charge in [-0.15, -0.1) is 0 Å². The first-order chi connectivity index (χ1) is 19.4. The van der Waals surface area contributed by atoms with E-state index in [1.807, 2.05) is 11.0 Å². The van der Waals surface area contributed by atoms with Gasteiger partial charge >= 0.3 is 0 Å². The van der Waals surface area contributed by atoms with E-state index in [0.717, 1.165) is 24.9 Å². The third-order valence-electron chi connectivity index (χ3n) is 7.46. The maximum absolute atomic E-state index is 14.3. The van der Waals surface area contributed by atoms with Gasteiger partial charge in [-0.3, -0.25) is 14.4 Å². The molecule has 2 heterocycles. The van der Waals surface area contributed by atoms with Crippen LogP contribution >= 0.6 is 11.6 Å². The number of carbonyl (C=O) groups excluding carboxylic acids is 3. The summed E-state index contributed by atoms with van der Waals surface area (Å²) < 4.78 is 14.3. The molecule has 1 N–H and O–H groups in total. The molecule has 2 aliphatic rings. The van der Waals surface area contributed by atoms with Gasteiger partial charge in [0.25, 0.3) is 17.7 Å². The second-order valence-electron chi connectivity index (χ2n) is 10.2. The molecule has 2 saturated heterocycles. The van der Waals surface area contributed by atoms with E-state index in [0.29, 0.717) is 67.5 Å². The van der Waals surface area contributed by atoms with Crippen molar-refractivity contribution in [2.75, 3.05) is 49.5 Å².